The van der Waals surface area contributed by atoms with Crippen molar-refractivity contribution >= 4 is 22.5 Å². The second-order valence-electron chi connectivity index (χ2n) is 5.31. The number of benzene rings is 1. The molecule has 22 heavy (non-hydrogen) atoms. The molecule has 0 amide bonds. The maximum Gasteiger partial charge on any atom is 0.261 e. The summed E-state index contributed by atoms with van der Waals surface area (Å²) >= 11 is 5.67. The number of hydrogen-bond acceptors (Lipinski definition) is 4. The zero-order valence-electron chi connectivity index (χ0n) is 11.9. The lowest BCUT2D eigenvalue weighted by molar-refractivity contribution is 0.0497. The summed E-state index contributed by atoms with van der Waals surface area (Å²) in [6.07, 6.45) is 1.87. The molecular weight excluding hydrogens is 311 g/mol. The summed E-state index contributed by atoms with van der Waals surface area (Å²) in [5.41, 5.74) is -0.282. The third-order valence-electron chi connectivity index (χ3n) is 3.74. The van der Waals surface area contributed by atoms with Gasteiger partial charge in [0, 0.05) is 25.3 Å². The molecule has 1 aromatic carbocycles. The molecule has 3 rings (SSSR count). The van der Waals surface area contributed by atoms with Crippen LogP contribution < -0.4 is 10.3 Å². The minimum Gasteiger partial charge on any atom is -0.493 e. The zero-order chi connectivity index (χ0) is 15.5. The fourth-order valence-electron chi connectivity index (χ4n) is 2.52. The molecule has 1 aliphatic rings. The molecule has 2 heterocycles. The molecule has 0 spiro atoms. The lowest BCUT2D eigenvalue weighted by Gasteiger charge is -2.22. The van der Waals surface area contributed by atoms with Gasteiger partial charge in [-0.05, 0) is 18.8 Å². The van der Waals surface area contributed by atoms with Gasteiger partial charge in [-0.15, -0.1) is 11.6 Å². The first-order chi connectivity index (χ1) is 10.7. The number of rotatable bonds is 4. The summed E-state index contributed by atoms with van der Waals surface area (Å²) in [5, 5.41) is -0.0766. The predicted octanol–water partition coefficient (Wildman–Crippen LogP) is 2.61. The number of H-pyrrole nitrogens is 1. The van der Waals surface area contributed by atoms with E-state index in [-0.39, 0.29) is 16.8 Å². The van der Waals surface area contributed by atoms with E-state index in [2.05, 4.69) is 9.97 Å². The fraction of sp³-hybridized carbons (Fsp3) is 0.467. The van der Waals surface area contributed by atoms with E-state index in [0.717, 1.165) is 26.1 Å². The second kappa shape index (κ2) is 6.62. The van der Waals surface area contributed by atoms with Gasteiger partial charge in [-0.2, -0.15) is 0 Å². The van der Waals surface area contributed by atoms with Gasteiger partial charge in [0.15, 0.2) is 0 Å². The van der Waals surface area contributed by atoms with Crippen LogP contribution in [-0.2, 0) is 10.6 Å². The standard InChI is InChI=1S/C15H16ClFN2O3/c16-7-13-18-12-6-10(5-11(17)14(12)15(20)19-13)22-8-9-1-3-21-4-2-9/h5-6,9H,1-4,7-8H2,(H,18,19,20). The number of nitrogens with zero attached hydrogens (tertiary/aromatic N) is 1. The summed E-state index contributed by atoms with van der Waals surface area (Å²) in [7, 11) is 0. The van der Waals surface area contributed by atoms with Gasteiger partial charge in [0.25, 0.3) is 5.56 Å². The van der Waals surface area contributed by atoms with Crippen molar-refractivity contribution in [1.29, 1.82) is 0 Å². The van der Waals surface area contributed by atoms with Crippen molar-refractivity contribution in [3.05, 3.63) is 34.1 Å². The summed E-state index contributed by atoms with van der Waals surface area (Å²) in [5.74, 6) is 0.489. The molecule has 1 fully saturated rings. The van der Waals surface area contributed by atoms with Crippen LogP contribution in [0, 0.1) is 11.7 Å². The topological polar surface area (TPSA) is 64.2 Å². The fourth-order valence-corrected chi connectivity index (χ4v) is 2.65. The van der Waals surface area contributed by atoms with Crippen molar-refractivity contribution in [2.24, 2.45) is 5.92 Å². The van der Waals surface area contributed by atoms with Crippen molar-refractivity contribution in [2.75, 3.05) is 19.8 Å². The van der Waals surface area contributed by atoms with Crippen molar-refractivity contribution < 1.29 is 13.9 Å². The SMILES string of the molecule is O=c1[nH]c(CCl)nc2cc(OCC3CCOCC3)cc(F)c12. The maximum absolute atomic E-state index is 14.1. The van der Waals surface area contributed by atoms with Crippen LogP contribution in [0.5, 0.6) is 5.75 Å². The zero-order valence-corrected chi connectivity index (χ0v) is 12.7. The van der Waals surface area contributed by atoms with Crippen LogP contribution in [-0.4, -0.2) is 29.8 Å². The number of aromatic amines is 1. The molecule has 0 aliphatic carbocycles. The third kappa shape index (κ3) is 3.23. The van der Waals surface area contributed by atoms with Crippen molar-refractivity contribution in [2.45, 2.75) is 18.7 Å². The van der Waals surface area contributed by atoms with Crippen LogP contribution in [0.25, 0.3) is 10.9 Å². The highest BCUT2D eigenvalue weighted by Crippen LogP contribution is 2.23. The molecule has 0 atom stereocenters. The van der Waals surface area contributed by atoms with E-state index in [1.165, 1.54) is 6.07 Å². The molecule has 1 aromatic heterocycles. The molecule has 5 nitrogen and oxygen atoms in total. The minimum absolute atomic E-state index is 0.0555. The van der Waals surface area contributed by atoms with Crippen molar-refractivity contribution in [1.82, 2.24) is 9.97 Å². The van der Waals surface area contributed by atoms with E-state index in [9.17, 15) is 9.18 Å². The van der Waals surface area contributed by atoms with Gasteiger partial charge in [-0.25, -0.2) is 9.37 Å². The molecule has 0 unspecified atom stereocenters. The summed E-state index contributed by atoms with van der Waals surface area (Å²) in [4.78, 5) is 18.4. The van der Waals surface area contributed by atoms with Gasteiger partial charge in [0.05, 0.1) is 18.0 Å². The molecule has 2 aromatic rings. The summed E-state index contributed by atoms with van der Waals surface area (Å²) < 4.78 is 25.1. The first kappa shape index (κ1) is 15.2. The van der Waals surface area contributed by atoms with E-state index in [0.29, 0.717) is 24.1 Å². The summed E-state index contributed by atoms with van der Waals surface area (Å²) in [6, 6.07) is 2.79. The van der Waals surface area contributed by atoms with Gasteiger partial charge in [-0.3, -0.25) is 4.79 Å². The van der Waals surface area contributed by atoms with Crippen LogP contribution >= 0.6 is 11.6 Å². The predicted molar refractivity (Wildman–Crippen MR) is 80.9 cm³/mol. The number of alkyl halides is 1. The molecule has 1 N–H and O–H groups in total. The molecule has 0 radical (unpaired) electrons. The Morgan fingerprint density at radius 2 is 2.18 bits per heavy atom. The first-order valence-electron chi connectivity index (χ1n) is 7.16. The highest BCUT2D eigenvalue weighted by molar-refractivity contribution is 6.16. The van der Waals surface area contributed by atoms with Crippen LogP contribution in [0.3, 0.4) is 0 Å². The third-order valence-corrected chi connectivity index (χ3v) is 3.99. The average molecular weight is 327 g/mol. The molecule has 118 valence electrons. The molecule has 1 aliphatic heterocycles. The van der Waals surface area contributed by atoms with E-state index in [1.54, 1.807) is 6.07 Å². The number of hydrogen-bond donors (Lipinski definition) is 1. The number of nitrogens with one attached hydrogen (secondary N) is 1. The minimum atomic E-state index is -0.644. The van der Waals surface area contributed by atoms with Gasteiger partial charge < -0.3 is 14.5 Å². The lowest BCUT2D eigenvalue weighted by Crippen LogP contribution is -2.21. The molecule has 1 saturated heterocycles. The van der Waals surface area contributed by atoms with Crippen LogP contribution in [0.15, 0.2) is 16.9 Å². The first-order valence-corrected chi connectivity index (χ1v) is 7.70. The number of ether oxygens (including phenoxy) is 2. The lowest BCUT2D eigenvalue weighted by atomic mass is 10.0. The number of halogens is 2. The number of aromatic nitrogens is 2. The molecule has 7 heteroatoms. The second-order valence-corrected chi connectivity index (χ2v) is 5.58. The molecular formula is C15H16ClFN2O3. The number of fused-ring (bicyclic) bond motifs is 1. The normalized spacial score (nSPS) is 16.1. The van der Waals surface area contributed by atoms with Crippen molar-refractivity contribution in [3.63, 3.8) is 0 Å². The van der Waals surface area contributed by atoms with Gasteiger partial charge >= 0.3 is 0 Å². The Balaban J connectivity index is 1.85. The Bertz CT molecular complexity index is 729. The Morgan fingerprint density at radius 3 is 2.91 bits per heavy atom. The van der Waals surface area contributed by atoms with Gasteiger partial charge in [-0.1, -0.05) is 0 Å². The van der Waals surface area contributed by atoms with E-state index >= 15 is 0 Å². The Hall–Kier alpha value is -1.66. The average Bonchev–Trinajstić information content (AvgIpc) is 2.53. The smallest absolute Gasteiger partial charge is 0.261 e. The molecule has 0 bridgehead atoms. The van der Waals surface area contributed by atoms with E-state index in [4.69, 9.17) is 21.1 Å². The van der Waals surface area contributed by atoms with Gasteiger partial charge in [0.2, 0.25) is 0 Å². The summed E-state index contributed by atoms with van der Waals surface area (Å²) in [6.45, 7) is 1.96. The van der Waals surface area contributed by atoms with Crippen LogP contribution in [0.2, 0.25) is 0 Å². The maximum atomic E-state index is 14.1. The quantitative estimate of drug-likeness (QED) is 0.877. The van der Waals surface area contributed by atoms with Crippen LogP contribution in [0.4, 0.5) is 4.39 Å². The monoisotopic (exact) mass is 326 g/mol. The highest BCUT2D eigenvalue weighted by atomic mass is 35.5. The largest absolute Gasteiger partial charge is 0.493 e. The Morgan fingerprint density at radius 1 is 1.41 bits per heavy atom. The van der Waals surface area contributed by atoms with Crippen molar-refractivity contribution in [3.8, 4) is 5.75 Å². The highest BCUT2D eigenvalue weighted by Gasteiger charge is 2.16. The van der Waals surface area contributed by atoms with E-state index in [1.807, 2.05) is 0 Å². The van der Waals surface area contributed by atoms with Crippen LogP contribution in [0.1, 0.15) is 18.7 Å². The Kier molecular flexibility index (Phi) is 4.59. The van der Waals surface area contributed by atoms with E-state index < -0.39 is 11.4 Å². The van der Waals surface area contributed by atoms with Gasteiger partial charge in [0.1, 0.15) is 22.8 Å². The molecule has 0 saturated carbocycles. The Labute approximate surface area is 131 Å².